The van der Waals surface area contributed by atoms with Gasteiger partial charge >= 0.3 is 5.97 Å². The lowest BCUT2D eigenvalue weighted by Gasteiger charge is -2.14. The molecule has 0 aliphatic rings. The van der Waals surface area contributed by atoms with E-state index in [4.69, 9.17) is 4.74 Å². The third kappa shape index (κ3) is 7.42. The van der Waals surface area contributed by atoms with Crippen molar-refractivity contribution >= 4 is 17.7 Å². The molecule has 1 aromatic carbocycles. The maximum absolute atomic E-state index is 11.7. The van der Waals surface area contributed by atoms with Crippen molar-refractivity contribution in [1.29, 1.82) is 0 Å². The summed E-state index contributed by atoms with van der Waals surface area (Å²) < 4.78 is 5.34. The Morgan fingerprint density at radius 2 is 2.10 bits per heavy atom. The van der Waals surface area contributed by atoms with Crippen LogP contribution in [0, 0.1) is 5.92 Å². The molecule has 0 fully saturated rings. The summed E-state index contributed by atoms with van der Waals surface area (Å²) in [6.07, 6.45) is 4.56. The van der Waals surface area contributed by atoms with Crippen molar-refractivity contribution in [2.45, 2.75) is 45.3 Å². The highest BCUT2D eigenvalue weighted by atomic mass is 32.2. The van der Waals surface area contributed by atoms with E-state index in [1.807, 2.05) is 12.1 Å². The number of rotatable bonds is 10. The fourth-order valence-corrected chi connectivity index (χ4v) is 2.84. The number of hydrogen-bond donors (Lipinski definition) is 1. The van der Waals surface area contributed by atoms with Crippen LogP contribution in [0.25, 0.3) is 0 Å². The van der Waals surface area contributed by atoms with Crippen LogP contribution in [0.1, 0.15) is 45.1 Å². The highest BCUT2D eigenvalue weighted by Gasteiger charge is 2.10. The second-order valence-electron chi connectivity index (χ2n) is 5.22. The van der Waals surface area contributed by atoms with Gasteiger partial charge in [-0.1, -0.05) is 51.3 Å². The molecule has 0 saturated heterocycles. The van der Waals surface area contributed by atoms with Gasteiger partial charge in [-0.15, -0.1) is 11.8 Å². The molecule has 0 radical (unpaired) electrons. The average Bonchev–Trinajstić information content (AvgIpc) is 2.49. The lowest BCUT2D eigenvalue weighted by atomic mass is 10.0. The number of benzene rings is 1. The predicted molar refractivity (Wildman–Crippen MR) is 88.5 cm³/mol. The van der Waals surface area contributed by atoms with Crippen molar-refractivity contribution < 1.29 is 14.6 Å². The summed E-state index contributed by atoms with van der Waals surface area (Å²) >= 11 is 1.47. The number of phenolic OH excluding ortho intramolecular Hbond substituents is 1. The van der Waals surface area contributed by atoms with Crippen molar-refractivity contribution in [3.63, 3.8) is 0 Å². The lowest BCUT2D eigenvalue weighted by molar-refractivity contribution is -0.141. The number of hydrogen-bond acceptors (Lipinski definition) is 4. The van der Waals surface area contributed by atoms with Gasteiger partial charge in [0.1, 0.15) is 5.75 Å². The van der Waals surface area contributed by atoms with Crippen LogP contribution < -0.4 is 0 Å². The molecule has 1 N–H and O–H groups in total. The van der Waals surface area contributed by atoms with Gasteiger partial charge in [-0.2, -0.15) is 0 Å². The molecule has 4 heteroatoms. The molecule has 0 aromatic heterocycles. The Labute approximate surface area is 132 Å². The summed E-state index contributed by atoms with van der Waals surface area (Å²) in [6.45, 7) is 4.85. The largest absolute Gasteiger partial charge is 0.508 e. The molecule has 118 valence electrons. The Bertz CT molecular complexity index is 420. The smallest absolute Gasteiger partial charge is 0.315 e. The summed E-state index contributed by atoms with van der Waals surface area (Å²) in [5, 5.41) is 9.64. The topological polar surface area (TPSA) is 46.5 Å². The zero-order valence-electron chi connectivity index (χ0n) is 13.0. The Balaban J connectivity index is 2.20. The van der Waals surface area contributed by atoms with Crippen LogP contribution in [0.3, 0.4) is 0 Å². The molecule has 0 heterocycles. The van der Waals surface area contributed by atoms with Gasteiger partial charge in [-0.05, 0) is 18.4 Å². The van der Waals surface area contributed by atoms with E-state index in [9.17, 15) is 9.90 Å². The molecule has 0 spiro atoms. The number of esters is 1. The number of thioether (sulfide) groups is 1. The van der Waals surface area contributed by atoms with E-state index in [0.717, 1.165) is 18.4 Å². The molecule has 0 aliphatic carbocycles. The van der Waals surface area contributed by atoms with Crippen molar-refractivity contribution in [2.75, 3.05) is 12.4 Å². The Kier molecular flexibility index (Phi) is 8.99. The van der Waals surface area contributed by atoms with Crippen LogP contribution in [-0.4, -0.2) is 23.4 Å². The van der Waals surface area contributed by atoms with Crippen molar-refractivity contribution in [3.05, 3.63) is 29.8 Å². The summed E-state index contributed by atoms with van der Waals surface area (Å²) in [4.78, 5) is 11.7. The number of para-hydroxylation sites is 1. The van der Waals surface area contributed by atoms with Gasteiger partial charge in [0.05, 0.1) is 12.4 Å². The standard InChI is InChI=1S/C17H26O3S/c1-3-5-8-14(4-2)11-20-17(19)13-21-12-15-9-6-7-10-16(15)18/h6-7,9-10,14,18H,3-5,8,11-13H2,1-2H3. The Morgan fingerprint density at radius 1 is 1.33 bits per heavy atom. The first kappa shape index (κ1) is 17.9. The van der Waals surface area contributed by atoms with Crippen molar-refractivity contribution in [3.8, 4) is 5.75 Å². The maximum atomic E-state index is 11.7. The van der Waals surface area contributed by atoms with Crippen LogP contribution in [0.4, 0.5) is 0 Å². The first-order chi connectivity index (χ1) is 10.2. The van der Waals surface area contributed by atoms with E-state index in [2.05, 4.69) is 13.8 Å². The molecule has 21 heavy (non-hydrogen) atoms. The molecule has 0 aliphatic heterocycles. The van der Waals surface area contributed by atoms with E-state index < -0.39 is 0 Å². The third-order valence-electron chi connectivity index (χ3n) is 3.49. The Morgan fingerprint density at radius 3 is 2.76 bits per heavy atom. The third-order valence-corrected chi connectivity index (χ3v) is 4.45. The van der Waals surface area contributed by atoms with E-state index in [1.165, 1.54) is 24.6 Å². The summed E-state index contributed by atoms with van der Waals surface area (Å²) in [6, 6.07) is 7.20. The number of unbranched alkanes of at least 4 members (excludes halogenated alkanes) is 1. The first-order valence-electron chi connectivity index (χ1n) is 7.67. The quantitative estimate of drug-likeness (QED) is 0.651. The number of phenols is 1. The Hall–Kier alpha value is -1.16. The zero-order valence-corrected chi connectivity index (χ0v) is 13.8. The van der Waals surface area contributed by atoms with E-state index >= 15 is 0 Å². The van der Waals surface area contributed by atoms with Gasteiger partial charge < -0.3 is 9.84 Å². The van der Waals surface area contributed by atoms with Crippen LogP contribution in [0.2, 0.25) is 0 Å². The molecule has 3 nitrogen and oxygen atoms in total. The van der Waals surface area contributed by atoms with Gasteiger partial charge in [0.15, 0.2) is 0 Å². The van der Waals surface area contributed by atoms with Crippen LogP contribution in [0.5, 0.6) is 5.75 Å². The zero-order chi connectivity index (χ0) is 15.5. The van der Waals surface area contributed by atoms with Gasteiger partial charge in [0, 0.05) is 11.3 Å². The normalized spacial score (nSPS) is 12.1. The van der Waals surface area contributed by atoms with Gasteiger partial charge in [0.25, 0.3) is 0 Å². The number of carbonyl (C=O) groups is 1. The molecule has 0 saturated carbocycles. The minimum Gasteiger partial charge on any atom is -0.508 e. The summed E-state index contributed by atoms with van der Waals surface area (Å²) in [5.41, 5.74) is 0.852. The molecular formula is C17H26O3S. The molecule has 1 unspecified atom stereocenters. The van der Waals surface area contributed by atoms with E-state index in [0.29, 0.717) is 24.0 Å². The van der Waals surface area contributed by atoms with Crippen molar-refractivity contribution in [2.24, 2.45) is 5.92 Å². The maximum Gasteiger partial charge on any atom is 0.315 e. The highest BCUT2D eigenvalue weighted by molar-refractivity contribution is 7.99. The molecular weight excluding hydrogens is 284 g/mol. The minimum absolute atomic E-state index is 0.162. The SMILES string of the molecule is CCCCC(CC)COC(=O)CSCc1ccccc1O. The van der Waals surface area contributed by atoms with E-state index in [-0.39, 0.29) is 11.7 Å². The van der Waals surface area contributed by atoms with Crippen molar-refractivity contribution in [1.82, 2.24) is 0 Å². The van der Waals surface area contributed by atoms with Gasteiger partial charge in [-0.25, -0.2) is 0 Å². The second-order valence-corrected chi connectivity index (χ2v) is 6.21. The fourth-order valence-electron chi connectivity index (χ4n) is 2.03. The predicted octanol–water partition coefficient (Wildman–Crippen LogP) is 4.39. The fraction of sp³-hybridized carbons (Fsp3) is 0.588. The highest BCUT2D eigenvalue weighted by Crippen LogP contribution is 2.21. The lowest BCUT2D eigenvalue weighted by Crippen LogP contribution is -2.15. The molecule has 0 amide bonds. The van der Waals surface area contributed by atoms with E-state index in [1.54, 1.807) is 12.1 Å². The summed E-state index contributed by atoms with van der Waals surface area (Å²) in [7, 11) is 0. The first-order valence-corrected chi connectivity index (χ1v) is 8.83. The van der Waals surface area contributed by atoms with Crippen LogP contribution in [-0.2, 0) is 15.3 Å². The van der Waals surface area contributed by atoms with Crippen LogP contribution >= 0.6 is 11.8 Å². The van der Waals surface area contributed by atoms with Gasteiger partial charge in [-0.3, -0.25) is 4.79 Å². The minimum atomic E-state index is -0.162. The summed E-state index contributed by atoms with van der Waals surface area (Å²) in [5.74, 6) is 1.55. The molecule has 1 rings (SSSR count). The monoisotopic (exact) mass is 310 g/mol. The molecule has 1 atom stereocenters. The second kappa shape index (κ2) is 10.6. The average molecular weight is 310 g/mol. The van der Waals surface area contributed by atoms with Gasteiger partial charge in [0.2, 0.25) is 0 Å². The number of carbonyl (C=O) groups excluding carboxylic acids is 1. The molecule has 0 bridgehead atoms. The number of aromatic hydroxyl groups is 1. The molecule has 1 aromatic rings. The number of ether oxygens (including phenoxy) is 1. The van der Waals surface area contributed by atoms with Crippen LogP contribution in [0.15, 0.2) is 24.3 Å².